The standard InChI is InChI=1S/C22H31N5O5S/c1-16(2)15-26-18(4)19(17(3)23-26)9-10-22(28)24-11-13-25(14-12-24)33(31,32)21-8-6-5-7-20(21)27(29)30/h5-8,16H,9-15H2,1-4H3. The van der Waals surface area contributed by atoms with Crippen LogP contribution in [0.4, 0.5) is 5.69 Å². The van der Waals surface area contributed by atoms with Crippen molar-refractivity contribution in [2.45, 2.75) is 52.0 Å². The van der Waals surface area contributed by atoms with E-state index in [0.717, 1.165) is 23.5 Å². The van der Waals surface area contributed by atoms with Gasteiger partial charge in [0.05, 0.1) is 10.6 Å². The number of benzene rings is 1. The Hall–Kier alpha value is -2.79. The molecule has 0 bridgehead atoms. The van der Waals surface area contributed by atoms with E-state index in [0.29, 0.717) is 18.8 Å². The first-order valence-electron chi connectivity index (χ1n) is 11.1. The molecule has 1 fully saturated rings. The van der Waals surface area contributed by atoms with Gasteiger partial charge in [-0.2, -0.15) is 9.40 Å². The summed E-state index contributed by atoms with van der Waals surface area (Å²) in [6.45, 7) is 9.79. The van der Waals surface area contributed by atoms with Crippen molar-refractivity contribution in [2.24, 2.45) is 5.92 Å². The molecule has 1 aliphatic rings. The van der Waals surface area contributed by atoms with Gasteiger partial charge in [0.15, 0.2) is 4.90 Å². The van der Waals surface area contributed by atoms with Crippen LogP contribution in [0.5, 0.6) is 0 Å². The Morgan fingerprint density at radius 3 is 2.39 bits per heavy atom. The minimum absolute atomic E-state index is 0.0341. The molecule has 1 amide bonds. The molecular formula is C22H31N5O5S. The number of amides is 1. The van der Waals surface area contributed by atoms with E-state index in [1.165, 1.54) is 28.6 Å². The van der Waals surface area contributed by atoms with Crippen molar-refractivity contribution in [1.82, 2.24) is 19.0 Å². The van der Waals surface area contributed by atoms with Crippen LogP contribution in [-0.2, 0) is 27.8 Å². The zero-order valence-electron chi connectivity index (χ0n) is 19.5. The van der Waals surface area contributed by atoms with E-state index in [1.807, 2.05) is 18.5 Å². The second-order valence-corrected chi connectivity index (χ2v) is 10.6. The van der Waals surface area contributed by atoms with Gasteiger partial charge in [0.1, 0.15) is 0 Å². The van der Waals surface area contributed by atoms with Gasteiger partial charge in [0.25, 0.3) is 5.69 Å². The summed E-state index contributed by atoms with van der Waals surface area (Å²) >= 11 is 0. The van der Waals surface area contributed by atoms with Gasteiger partial charge in [-0.05, 0) is 37.8 Å². The number of nitro benzene ring substituents is 1. The van der Waals surface area contributed by atoms with E-state index >= 15 is 0 Å². The van der Waals surface area contributed by atoms with Gasteiger partial charge in [0, 0.05) is 50.9 Å². The number of carbonyl (C=O) groups is 1. The van der Waals surface area contributed by atoms with E-state index in [9.17, 15) is 23.3 Å². The zero-order chi connectivity index (χ0) is 24.3. The lowest BCUT2D eigenvalue weighted by molar-refractivity contribution is -0.387. The number of piperazine rings is 1. The third kappa shape index (κ3) is 5.41. The average Bonchev–Trinajstić information content (AvgIpc) is 3.03. The fraction of sp³-hybridized carbons (Fsp3) is 0.545. The molecule has 0 spiro atoms. The topological polar surface area (TPSA) is 119 Å². The number of hydrogen-bond acceptors (Lipinski definition) is 6. The van der Waals surface area contributed by atoms with Crippen LogP contribution in [0.1, 0.15) is 37.2 Å². The first-order valence-corrected chi connectivity index (χ1v) is 12.5. The number of nitrogens with zero attached hydrogens (tertiary/aromatic N) is 5. The fourth-order valence-electron chi connectivity index (χ4n) is 4.15. The molecule has 0 radical (unpaired) electrons. The molecule has 0 N–H and O–H groups in total. The number of rotatable bonds is 8. The van der Waals surface area contributed by atoms with E-state index < -0.39 is 20.6 Å². The van der Waals surface area contributed by atoms with Crippen LogP contribution in [0.2, 0.25) is 0 Å². The number of aromatic nitrogens is 2. The molecule has 1 saturated heterocycles. The second kappa shape index (κ2) is 10.0. The van der Waals surface area contributed by atoms with Gasteiger partial charge in [-0.15, -0.1) is 0 Å². The van der Waals surface area contributed by atoms with Crippen LogP contribution in [0.3, 0.4) is 0 Å². The van der Waals surface area contributed by atoms with Crippen molar-refractivity contribution in [3.63, 3.8) is 0 Å². The fourth-order valence-corrected chi connectivity index (χ4v) is 5.73. The largest absolute Gasteiger partial charge is 0.340 e. The summed E-state index contributed by atoms with van der Waals surface area (Å²) in [5.41, 5.74) is 2.65. The maximum absolute atomic E-state index is 13.0. The molecular weight excluding hydrogens is 446 g/mol. The third-order valence-corrected chi connectivity index (χ3v) is 7.88. The molecule has 10 nitrogen and oxygen atoms in total. The summed E-state index contributed by atoms with van der Waals surface area (Å²) in [5.74, 6) is 0.440. The lowest BCUT2D eigenvalue weighted by Crippen LogP contribution is -2.50. The zero-order valence-corrected chi connectivity index (χ0v) is 20.3. The summed E-state index contributed by atoms with van der Waals surface area (Å²) < 4.78 is 29.1. The molecule has 33 heavy (non-hydrogen) atoms. The van der Waals surface area contributed by atoms with Crippen LogP contribution in [0.15, 0.2) is 29.2 Å². The maximum Gasteiger partial charge on any atom is 0.289 e. The molecule has 2 heterocycles. The number of hydrogen-bond donors (Lipinski definition) is 0. The van der Waals surface area contributed by atoms with Crippen molar-refractivity contribution >= 4 is 21.6 Å². The third-order valence-electron chi connectivity index (χ3n) is 5.93. The number of aryl methyl sites for hydroxylation is 1. The molecule has 0 saturated carbocycles. The van der Waals surface area contributed by atoms with Gasteiger partial charge < -0.3 is 4.90 Å². The molecule has 1 aliphatic heterocycles. The molecule has 2 aromatic rings. The van der Waals surface area contributed by atoms with E-state index in [-0.39, 0.29) is 37.0 Å². The molecule has 11 heteroatoms. The predicted octanol–water partition coefficient (Wildman–Crippen LogP) is 2.53. The predicted molar refractivity (Wildman–Crippen MR) is 123 cm³/mol. The summed E-state index contributed by atoms with van der Waals surface area (Å²) in [4.78, 5) is 24.7. The van der Waals surface area contributed by atoms with Gasteiger partial charge in [-0.1, -0.05) is 26.0 Å². The Morgan fingerprint density at radius 1 is 1.15 bits per heavy atom. The quantitative estimate of drug-likeness (QED) is 0.426. The van der Waals surface area contributed by atoms with Crippen molar-refractivity contribution in [1.29, 1.82) is 0 Å². The van der Waals surface area contributed by atoms with Crippen molar-refractivity contribution in [3.05, 3.63) is 51.3 Å². The van der Waals surface area contributed by atoms with Gasteiger partial charge in [-0.25, -0.2) is 8.42 Å². The summed E-state index contributed by atoms with van der Waals surface area (Å²) in [5, 5.41) is 15.8. The monoisotopic (exact) mass is 477 g/mol. The van der Waals surface area contributed by atoms with E-state index in [1.54, 1.807) is 4.90 Å². The molecule has 3 rings (SSSR count). The highest BCUT2D eigenvalue weighted by Crippen LogP contribution is 2.27. The first kappa shape index (κ1) is 24.8. The van der Waals surface area contributed by atoms with Crippen molar-refractivity contribution < 1.29 is 18.1 Å². The Kier molecular flexibility index (Phi) is 7.53. The Morgan fingerprint density at radius 2 is 1.79 bits per heavy atom. The minimum atomic E-state index is -4.02. The molecule has 180 valence electrons. The molecule has 1 aromatic carbocycles. The van der Waals surface area contributed by atoms with Crippen molar-refractivity contribution in [3.8, 4) is 0 Å². The van der Waals surface area contributed by atoms with Gasteiger partial charge in [-0.3, -0.25) is 19.6 Å². The van der Waals surface area contributed by atoms with Crippen LogP contribution in [-0.4, -0.2) is 64.4 Å². The van der Waals surface area contributed by atoms with E-state index in [2.05, 4.69) is 18.9 Å². The highest BCUT2D eigenvalue weighted by molar-refractivity contribution is 7.89. The molecule has 1 aromatic heterocycles. The maximum atomic E-state index is 13.0. The number of carbonyl (C=O) groups excluding carboxylic acids is 1. The summed E-state index contributed by atoms with van der Waals surface area (Å²) in [6.07, 6.45) is 0.912. The Balaban J connectivity index is 1.61. The summed E-state index contributed by atoms with van der Waals surface area (Å²) in [6, 6.07) is 5.33. The number of nitro groups is 1. The number of para-hydroxylation sites is 1. The molecule has 0 atom stereocenters. The van der Waals surface area contributed by atoms with Gasteiger partial charge in [0.2, 0.25) is 15.9 Å². The normalized spacial score (nSPS) is 15.2. The van der Waals surface area contributed by atoms with Crippen LogP contribution < -0.4 is 0 Å². The Labute approximate surface area is 194 Å². The summed E-state index contributed by atoms with van der Waals surface area (Å²) in [7, 11) is -4.02. The minimum Gasteiger partial charge on any atom is -0.340 e. The lowest BCUT2D eigenvalue weighted by Gasteiger charge is -2.34. The van der Waals surface area contributed by atoms with Gasteiger partial charge >= 0.3 is 0 Å². The van der Waals surface area contributed by atoms with Crippen molar-refractivity contribution in [2.75, 3.05) is 26.2 Å². The second-order valence-electron chi connectivity index (χ2n) is 8.74. The van der Waals surface area contributed by atoms with Crippen LogP contribution in [0.25, 0.3) is 0 Å². The van der Waals surface area contributed by atoms with Crippen LogP contribution >= 0.6 is 0 Å². The van der Waals surface area contributed by atoms with E-state index in [4.69, 9.17) is 0 Å². The highest BCUT2D eigenvalue weighted by atomic mass is 32.2. The van der Waals surface area contributed by atoms with Crippen LogP contribution in [0, 0.1) is 29.9 Å². The molecule has 0 aliphatic carbocycles. The number of sulfonamides is 1. The Bertz CT molecular complexity index is 1130. The highest BCUT2D eigenvalue weighted by Gasteiger charge is 2.34. The average molecular weight is 478 g/mol. The first-order chi connectivity index (χ1) is 15.5. The smallest absolute Gasteiger partial charge is 0.289 e. The SMILES string of the molecule is Cc1nn(CC(C)C)c(C)c1CCC(=O)N1CCN(S(=O)(=O)c2ccccc2[N+](=O)[O-])CC1. The lowest BCUT2D eigenvalue weighted by atomic mass is 10.1. The molecule has 0 unspecified atom stereocenters.